The van der Waals surface area contributed by atoms with Gasteiger partial charge in [-0.25, -0.2) is 9.78 Å². The molecule has 1 amide bonds. The third kappa shape index (κ3) is 22.3. The Kier molecular flexibility index (Phi) is 26.3. The van der Waals surface area contributed by atoms with Gasteiger partial charge in [0.25, 0.3) is 0 Å². The molecule has 67 heavy (non-hydrogen) atoms. The molecule has 5 N–H and O–H groups in total. The lowest BCUT2D eigenvalue weighted by atomic mass is 10.1. The quantitative estimate of drug-likeness (QED) is 0.0170. The van der Waals surface area contributed by atoms with Crippen LogP contribution >= 0.6 is 35.0 Å². The van der Waals surface area contributed by atoms with E-state index >= 15 is 0 Å². The van der Waals surface area contributed by atoms with Gasteiger partial charge in [-0.15, -0.1) is 0 Å². The molecule has 364 valence electrons. The van der Waals surface area contributed by atoms with E-state index in [4.69, 9.17) is 37.4 Å². The summed E-state index contributed by atoms with van der Waals surface area (Å²) >= 11 is 13.1. The summed E-state index contributed by atoms with van der Waals surface area (Å²) in [5.41, 5.74) is 5.13. The van der Waals surface area contributed by atoms with E-state index in [1.54, 1.807) is 19.1 Å². The highest BCUT2D eigenvalue weighted by molar-refractivity contribution is 8.00. The van der Waals surface area contributed by atoms with Crippen LogP contribution in [0.5, 0.6) is 23.0 Å². The number of halogens is 2. The van der Waals surface area contributed by atoms with Crippen molar-refractivity contribution in [3.8, 4) is 23.0 Å². The van der Waals surface area contributed by atoms with Gasteiger partial charge in [-0.3, -0.25) is 14.7 Å². The van der Waals surface area contributed by atoms with Crippen molar-refractivity contribution in [2.24, 2.45) is 0 Å². The molecule has 0 radical (unpaired) electrons. The predicted octanol–water partition coefficient (Wildman–Crippen LogP) is 12.9. The minimum atomic E-state index is -0.638. The number of ether oxygens (including phenoxy) is 3. The van der Waals surface area contributed by atoms with Gasteiger partial charge in [-0.05, 0) is 105 Å². The third-order valence-electron chi connectivity index (χ3n) is 10.2. The van der Waals surface area contributed by atoms with E-state index in [2.05, 4.69) is 40.4 Å². The van der Waals surface area contributed by atoms with Gasteiger partial charge < -0.3 is 34.8 Å². The molecule has 16 heteroatoms. The second-order valence-corrected chi connectivity index (χ2v) is 18.1. The monoisotopic (exact) mass is 980 g/mol. The zero-order valence-corrected chi connectivity index (χ0v) is 41.6. The number of thioether (sulfide) groups is 1. The summed E-state index contributed by atoms with van der Waals surface area (Å²) in [6.45, 7) is 11.1. The van der Waals surface area contributed by atoms with Crippen molar-refractivity contribution in [3.63, 3.8) is 0 Å². The number of esters is 2. The number of aromatic hydroxyl groups is 3. The van der Waals surface area contributed by atoms with Crippen molar-refractivity contribution in [2.75, 3.05) is 18.5 Å². The predicted molar refractivity (Wildman–Crippen MR) is 267 cm³/mol. The number of aromatic amines is 1. The van der Waals surface area contributed by atoms with Crippen LogP contribution in [-0.2, 0) is 32.1 Å². The average molecular weight is 982 g/mol. The Labute approximate surface area is 409 Å². The molecular weight excluding hydrogens is 916 g/mol. The summed E-state index contributed by atoms with van der Waals surface area (Å²) in [5.74, 6) is -1.82. The van der Waals surface area contributed by atoms with Gasteiger partial charge in [0.1, 0.15) is 23.9 Å². The Morgan fingerprint density at radius 2 is 1.43 bits per heavy atom. The number of nitrogens with zero attached hydrogens (tertiary/aromatic N) is 2. The van der Waals surface area contributed by atoms with E-state index in [0.717, 1.165) is 71.0 Å². The number of carbonyl (C=O) groups excluding carboxylic acids is 3. The van der Waals surface area contributed by atoms with Crippen LogP contribution in [0.2, 0.25) is 10.0 Å². The zero-order valence-electron chi connectivity index (χ0n) is 39.2. The Morgan fingerprint density at radius 3 is 2.04 bits per heavy atom. The van der Waals surface area contributed by atoms with Crippen LogP contribution in [0.25, 0.3) is 0 Å². The molecule has 0 fully saturated rings. The number of hydrogen-bond acceptors (Lipinski definition) is 12. The van der Waals surface area contributed by atoms with Crippen LogP contribution in [0.4, 0.5) is 5.69 Å². The first kappa shape index (κ1) is 55.9. The summed E-state index contributed by atoms with van der Waals surface area (Å²) < 4.78 is 16.0. The number of anilines is 1. The van der Waals surface area contributed by atoms with Gasteiger partial charge >= 0.3 is 11.9 Å². The Hall–Kier alpha value is -5.44. The number of carbonyl (C=O) groups is 3. The van der Waals surface area contributed by atoms with Gasteiger partial charge in [0.2, 0.25) is 5.91 Å². The molecule has 1 atom stereocenters. The fourth-order valence-corrected chi connectivity index (χ4v) is 7.47. The number of nitrogens with one attached hydrogen (secondary N) is 2. The zero-order chi connectivity index (χ0) is 49.0. The number of hydrogen-bond donors (Lipinski definition) is 5. The molecule has 0 saturated carbocycles. The molecule has 0 aliphatic carbocycles. The Morgan fingerprint density at radius 1 is 0.776 bits per heavy atom. The Bertz CT molecular complexity index is 2220. The normalized spacial score (nSPS) is 11.0. The van der Waals surface area contributed by atoms with E-state index in [0.29, 0.717) is 36.2 Å². The first-order valence-electron chi connectivity index (χ1n) is 22.8. The molecule has 4 aromatic carbocycles. The van der Waals surface area contributed by atoms with E-state index in [9.17, 15) is 29.7 Å². The molecule has 13 nitrogen and oxygen atoms in total. The number of aryl methyl sites for hydroxylation is 3. The summed E-state index contributed by atoms with van der Waals surface area (Å²) in [5, 5.41) is 39.0. The molecule has 0 saturated heterocycles. The SMILES string of the molecule is CC(Sc1ncn[nH]1)C(=O)OCc1ccc(Cl)cc1.CCCCCCCCCCCCOC(=O)c1cc(O)c(O)c(O)c1.CCc1cc(OCCCC(=O)Nc2ccc(C)cc2C)ccc1Cl. The first-order chi connectivity index (χ1) is 32.2. The molecule has 0 aliphatic rings. The third-order valence-corrected chi connectivity index (χ3v) is 11.8. The maximum absolute atomic E-state index is 12.0. The van der Waals surface area contributed by atoms with Gasteiger partial charge in [0.05, 0.1) is 18.8 Å². The topological polar surface area (TPSA) is 193 Å². The van der Waals surface area contributed by atoms with E-state index in [1.165, 1.54) is 68.6 Å². The summed E-state index contributed by atoms with van der Waals surface area (Å²) in [6, 6.07) is 21.0. The number of benzene rings is 4. The van der Waals surface area contributed by atoms with Gasteiger partial charge in [-0.1, -0.05) is 136 Å². The number of unbranched alkanes of at least 4 members (excludes halogenated alkanes) is 9. The maximum atomic E-state index is 12.0. The number of aromatic nitrogens is 3. The smallest absolute Gasteiger partial charge is 0.338 e. The molecule has 0 spiro atoms. The first-order valence-corrected chi connectivity index (χ1v) is 24.5. The maximum Gasteiger partial charge on any atom is 0.338 e. The van der Waals surface area contributed by atoms with Crippen molar-refractivity contribution < 1.29 is 43.9 Å². The highest BCUT2D eigenvalue weighted by Crippen LogP contribution is 2.35. The van der Waals surface area contributed by atoms with Crippen molar-refractivity contribution in [2.45, 2.75) is 135 Å². The highest BCUT2D eigenvalue weighted by Gasteiger charge is 2.18. The number of phenols is 3. The van der Waals surface area contributed by atoms with E-state index < -0.39 is 23.2 Å². The summed E-state index contributed by atoms with van der Waals surface area (Å²) in [4.78, 5) is 39.5. The molecule has 0 aliphatic heterocycles. The van der Waals surface area contributed by atoms with Crippen molar-refractivity contribution in [3.05, 3.63) is 117 Å². The fourth-order valence-electron chi connectivity index (χ4n) is 6.38. The molecular formula is C51H66Cl2N4O9S. The molecule has 5 aromatic rings. The van der Waals surface area contributed by atoms with E-state index in [-0.39, 0.29) is 29.3 Å². The van der Waals surface area contributed by atoms with Crippen LogP contribution in [0, 0.1) is 13.8 Å². The molecule has 0 bridgehead atoms. The summed E-state index contributed by atoms with van der Waals surface area (Å²) in [7, 11) is 0. The molecule has 1 aromatic heterocycles. The molecule has 1 heterocycles. The van der Waals surface area contributed by atoms with Crippen LogP contribution in [0.1, 0.15) is 130 Å². The highest BCUT2D eigenvalue weighted by atomic mass is 35.5. The average Bonchev–Trinajstić information content (AvgIpc) is 3.83. The summed E-state index contributed by atoms with van der Waals surface area (Å²) in [6.07, 6.45) is 15.4. The lowest BCUT2D eigenvalue weighted by Gasteiger charge is -2.10. The number of phenolic OH excluding ortho intramolecular Hbond substituents is 3. The van der Waals surface area contributed by atoms with Crippen LogP contribution in [-0.4, -0.2) is 66.8 Å². The fraction of sp³-hybridized carbons (Fsp3) is 0.431. The Balaban J connectivity index is 0.000000268. The van der Waals surface area contributed by atoms with Crippen molar-refractivity contribution in [1.29, 1.82) is 0 Å². The second-order valence-electron chi connectivity index (χ2n) is 15.9. The molecule has 1 unspecified atom stereocenters. The second kappa shape index (κ2) is 31.5. The van der Waals surface area contributed by atoms with Crippen LogP contribution in [0.3, 0.4) is 0 Å². The van der Waals surface area contributed by atoms with E-state index in [1.807, 2.05) is 56.3 Å². The number of amides is 1. The van der Waals surface area contributed by atoms with Gasteiger partial charge in [0, 0.05) is 22.2 Å². The minimum Gasteiger partial charge on any atom is -0.504 e. The van der Waals surface area contributed by atoms with Crippen LogP contribution < -0.4 is 10.1 Å². The van der Waals surface area contributed by atoms with Crippen LogP contribution in [0.15, 0.2) is 84.3 Å². The molecule has 5 rings (SSSR count). The largest absolute Gasteiger partial charge is 0.504 e. The standard InChI is InChI=1S/C20H24ClNO2.C19H30O5.C12H12ClN3O2S/c1-4-16-13-17(8-9-18(16)21)24-11-5-6-20(23)22-19-10-7-14(2)12-15(19)3;1-2-3-4-5-6-7-8-9-10-11-12-24-19(23)15-13-16(20)18(22)17(21)14-15;1-8(19-12-14-7-15-16-12)11(17)18-6-9-2-4-10(13)5-3-9/h7-10,12-13H,4-6,11H2,1-3H3,(H,22,23);13-14,20-22H,2-12H2,1H3;2-5,7-8H,6H2,1H3,(H,14,15,16). The number of rotatable bonds is 24. The number of H-pyrrole nitrogens is 1. The minimum absolute atomic E-state index is 0.0101. The van der Waals surface area contributed by atoms with Gasteiger partial charge in [-0.2, -0.15) is 5.10 Å². The lowest BCUT2D eigenvalue weighted by Crippen LogP contribution is -2.16. The lowest BCUT2D eigenvalue weighted by molar-refractivity contribution is -0.143. The van der Waals surface area contributed by atoms with Gasteiger partial charge in [0.15, 0.2) is 22.4 Å². The van der Waals surface area contributed by atoms with Crippen molar-refractivity contribution in [1.82, 2.24) is 15.2 Å². The van der Waals surface area contributed by atoms with Crippen molar-refractivity contribution >= 4 is 58.5 Å².